The maximum absolute atomic E-state index is 5.13. The van der Waals surface area contributed by atoms with Crippen molar-refractivity contribution in [3.8, 4) is 0 Å². The van der Waals surface area contributed by atoms with Crippen LogP contribution in [0.15, 0.2) is 0 Å². The van der Waals surface area contributed by atoms with Crippen molar-refractivity contribution in [1.29, 1.82) is 0 Å². The predicted molar refractivity (Wildman–Crippen MR) is 51.3 cm³/mol. The largest absolute Gasteiger partial charge is 0.380 e. The summed E-state index contributed by atoms with van der Waals surface area (Å²) in [5.74, 6) is 1.50. The van der Waals surface area contributed by atoms with Gasteiger partial charge in [0.2, 0.25) is 0 Å². The molecule has 0 radical (unpaired) electrons. The van der Waals surface area contributed by atoms with Crippen molar-refractivity contribution in [1.82, 2.24) is 14.8 Å². The fourth-order valence-corrected chi connectivity index (χ4v) is 1.70. The summed E-state index contributed by atoms with van der Waals surface area (Å²) in [6.45, 7) is 4.64. The molecule has 0 amide bonds. The Morgan fingerprint density at radius 2 is 2.46 bits per heavy atom. The van der Waals surface area contributed by atoms with E-state index >= 15 is 0 Å². The summed E-state index contributed by atoms with van der Waals surface area (Å²) in [7, 11) is 0. The number of hydrogen-bond acceptors (Lipinski definition) is 3. The number of nitrogens with one attached hydrogen (secondary N) is 1. The third kappa shape index (κ3) is 1.53. The Hall–Kier alpha value is -0.680. The van der Waals surface area contributed by atoms with Gasteiger partial charge in [-0.1, -0.05) is 6.92 Å². The van der Waals surface area contributed by atoms with Crippen LogP contribution in [0.1, 0.15) is 25.1 Å². The molecule has 0 spiro atoms. The Bertz CT molecular complexity index is 339. The molecule has 1 aromatic rings. The van der Waals surface area contributed by atoms with Gasteiger partial charge in [0, 0.05) is 6.54 Å². The lowest BCUT2D eigenvalue weighted by molar-refractivity contribution is 0.00327. The van der Waals surface area contributed by atoms with Gasteiger partial charge in [-0.2, -0.15) is 5.10 Å². The average molecular weight is 199 g/mol. The highest BCUT2D eigenvalue weighted by molar-refractivity contribution is 7.71. The van der Waals surface area contributed by atoms with Gasteiger partial charge in [0.1, 0.15) is 5.82 Å². The van der Waals surface area contributed by atoms with Gasteiger partial charge in [-0.15, -0.1) is 0 Å². The first-order chi connectivity index (χ1) is 6.33. The summed E-state index contributed by atoms with van der Waals surface area (Å²) in [6.07, 6.45) is 1.08. The first-order valence-electron chi connectivity index (χ1n) is 4.55. The van der Waals surface area contributed by atoms with Gasteiger partial charge in [0.25, 0.3) is 0 Å². The van der Waals surface area contributed by atoms with Gasteiger partial charge < -0.3 is 9.30 Å². The molecule has 0 atom stereocenters. The third-order valence-electron chi connectivity index (χ3n) is 2.24. The average Bonchev–Trinajstić information content (AvgIpc) is 2.33. The van der Waals surface area contributed by atoms with E-state index in [1.807, 2.05) is 0 Å². The molecule has 0 saturated carbocycles. The molecule has 1 aliphatic rings. The molecule has 72 valence electrons. The van der Waals surface area contributed by atoms with Crippen LogP contribution in [0.5, 0.6) is 0 Å². The first-order valence-corrected chi connectivity index (χ1v) is 4.96. The number of aromatic amines is 1. The summed E-state index contributed by atoms with van der Waals surface area (Å²) in [5.41, 5.74) is 0. The number of rotatable bonds is 3. The molecule has 1 saturated heterocycles. The highest BCUT2D eigenvalue weighted by Crippen LogP contribution is 2.22. The van der Waals surface area contributed by atoms with E-state index in [9.17, 15) is 0 Å². The Balaban J connectivity index is 2.27. The van der Waals surface area contributed by atoms with E-state index in [4.69, 9.17) is 17.0 Å². The van der Waals surface area contributed by atoms with Crippen LogP contribution >= 0.6 is 12.2 Å². The van der Waals surface area contributed by atoms with Crippen LogP contribution in [0.4, 0.5) is 0 Å². The third-order valence-corrected chi connectivity index (χ3v) is 2.55. The van der Waals surface area contributed by atoms with E-state index in [-0.39, 0.29) is 0 Å². The number of ether oxygens (including phenoxy) is 1. The van der Waals surface area contributed by atoms with Crippen LogP contribution in [0.3, 0.4) is 0 Å². The highest BCUT2D eigenvalue weighted by atomic mass is 32.1. The monoisotopic (exact) mass is 199 g/mol. The number of hydrogen-bond donors (Lipinski definition) is 1. The lowest BCUT2D eigenvalue weighted by Crippen LogP contribution is -2.28. The molecule has 0 bridgehead atoms. The van der Waals surface area contributed by atoms with Crippen molar-refractivity contribution in [3.05, 3.63) is 10.6 Å². The lowest BCUT2D eigenvalue weighted by Gasteiger charge is -2.25. The second kappa shape index (κ2) is 3.59. The van der Waals surface area contributed by atoms with E-state index < -0.39 is 0 Å². The smallest absolute Gasteiger partial charge is 0.195 e. The van der Waals surface area contributed by atoms with E-state index in [0.717, 1.165) is 36.8 Å². The minimum atomic E-state index is 0.444. The van der Waals surface area contributed by atoms with Gasteiger partial charge in [0.05, 0.1) is 19.1 Å². The van der Waals surface area contributed by atoms with E-state index in [0.29, 0.717) is 5.92 Å². The molecule has 0 aliphatic carbocycles. The second-order valence-electron chi connectivity index (χ2n) is 3.27. The fourth-order valence-electron chi connectivity index (χ4n) is 1.47. The molecule has 0 aromatic carbocycles. The quantitative estimate of drug-likeness (QED) is 0.749. The molecule has 4 nitrogen and oxygen atoms in total. The summed E-state index contributed by atoms with van der Waals surface area (Å²) < 4.78 is 7.93. The molecule has 1 aliphatic heterocycles. The van der Waals surface area contributed by atoms with E-state index in [2.05, 4.69) is 21.7 Å². The lowest BCUT2D eigenvalue weighted by atomic mass is 10.1. The van der Waals surface area contributed by atoms with Gasteiger partial charge >= 0.3 is 0 Å². The van der Waals surface area contributed by atoms with Crippen LogP contribution in [-0.2, 0) is 11.3 Å². The maximum Gasteiger partial charge on any atom is 0.195 e. The molecule has 1 aromatic heterocycles. The van der Waals surface area contributed by atoms with Crippen LogP contribution < -0.4 is 0 Å². The van der Waals surface area contributed by atoms with Crippen molar-refractivity contribution >= 4 is 12.2 Å². The normalized spacial score (nSPS) is 17.3. The van der Waals surface area contributed by atoms with Gasteiger partial charge in [-0.25, -0.2) is 0 Å². The molecule has 0 unspecified atom stereocenters. The van der Waals surface area contributed by atoms with Gasteiger partial charge in [0.15, 0.2) is 4.77 Å². The van der Waals surface area contributed by atoms with Crippen molar-refractivity contribution in [3.63, 3.8) is 0 Å². The van der Waals surface area contributed by atoms with Crippen LogP contribution in [0, 0.1) is 4.77 Å². The molecule has 2 heterocycles. The van der Waals surface area contributed by atoms with E-state index in [1.165, 1.54) is 0 Å². The van der Waals surface area contributed by atoms with Gasteiger partial charge in [-0.05, 0) is 18.6 Å². The number of H-pyrrole nitrogens is 1. The van der Waals surface area contributed by atoms with Crippen molar-refractivity contribution in [2.75, 3.05) is 13.2 Å². The SMILES string of the molecule is CCCn1c(C2COC2)n[nH]c1=S. The maximum atomic E-state index is 5.13. The van der Waals surface area contributed by atoms with Crippen LogP contribution in [0.2, 0.25) is 0 Å². The minimum absolute atomic E-state index is 0.444. The Morgan fingerprint density at radius 3 is 3.00 bits per heavy atom. The van der Waals surface area contributed by atoms with E-state index in [1.54, 1.807) is 0 Å². The molecule has 1 N–H and O–H groups in total. The highest BCUT2D eigenvalue weighted by Gasteiger charge is 2.25. The number of aromatic nitrogens is 3. The Morgan fingerprint density at radius 1 is 1.69 bits per heavy atom. The molecular weight excluding hydrogens is 186 g/mol. The topological polar surface area (TPSA) is 42.8 Å². The Kier molecular flexibility index (Phi) is 2.46. The van der Waals surface area contributed by atoms with Crippen molar-refractivity contribution in [2.45, 2.75) is 25.8 Å². The minimum Gasteiger partial charge on any atom is -0.380 e. The summed E-state index contributed by atoms with van der Waals surface area (Å²) in [4.78, 5) is 0. The molecule has 2 rings (SSSR count). The fraction of sp³-hybridized carbons (Fsp3) is 0.750. The Labute approximate surface area is 81.9 Å². The van der Waals surface area contributed by atoms with Crippen LogP contribution in [-0.4, -0.2) is 28.0 Å². The van der Waals surface area contributed by atoms with Crippen molar-refractivity contribution in [2.24, 2.45) is 0 Å². The van der Waals surface area contributed by atoms with Gasteiger partial charge in [-0.3, -0.25) is 5.10 Å². The summed E-state index contributed by atoms with van der Waals surface area (Å²) in [6, 6.07) is 0. The number of nitrogens with zero attached hydrogens (tertiary/aromatic N) is 2. The first kappa shape index (κ1) is 8.90. The molecular formula is C8H13N3OS. The predicted octanol–water partition coefficient (Wildman–Crippen LogP) is 1.46. The summed E-state index contributed by atoms with van der Waals surface area (Å²) in [5, 5.41) is 7.05. The molecule has 1 fully saturated rings. The second-order valence-corrected chi connectivity index (χ2v) is 3.66. The molecule has 5 heteroatoms. The van der Waals surface area contributed by atoms with Crippen molar-refractivity contribution < 1.29 is 4.74 Å². The van der Waals surface area contributed by atoms with Crippen LogP contribution in [0.25, 0.3) is 0 Å². The zero-order valence-electron chi connectivity index (χ0n) is 7.62. The zero-order chi connectivity index (χ0) is 9.26. The summed E-state index contributed by atoms with van der Waals surface area (Å²) >= 11 is 5.13. The zero-order valence-corrected chi connectivity index (χ0v) is 8.43. The standard InChI is InChI=1S/C8H13N3OS/c1-2-3-11-7(6-4-12-5-6)9-10-8(11)13/h6H,2-5H2,1H3,(H,10,13). The molecule has 13 heavy (non-hydrogen) atoms.